The Morgan fingerprint density at radius 3 is 1.64 bits per heavy atom. The lowest BCUT2D eigenvalue weighted by Crippen LogP contribution is -2.23. The average Bonchev–Trinajstić information content (AvgIpc) is 1.55. The molecule has 0 aliphatic heterocycles. The fourth-order valence-electron chi connectivity index (χ4n) is 0.332. The van der Waals surface area contributed by atoms with E-state index in [2.05, 4.69) is 50.9 Å². The summed E-state index contributed by atoms with van der Waals surface area (Å²) in [6.07, 6.45) is 2.84. The lowest BCUT2D eigenvalue weighted by atomic mass is 11.3. The average molecular weight is 186 g/mol. The first-order valence-electron chi connectivity index (χ1n) is 3.91. The second kappa shape index (κ2) is 3.46. The molecule has 0 aliphatic carbocycles. The van der Waals surface area contributed by atoms with Gasteiger partial charge in [0, 0.05) is 0 Å². The van der Waals surface area contributed by atoms with E-state index < -0.39 is 16.4 Å². The van der Waals surface area contributed by atoms with Gasteiger partial charge in [-0.15, -0.1) is 0 Å². The van der Waals surface area contributed by atoms with Crippen LogP contribution >= 0.6 is 0 Å². The molecule has 11 heavy (non-hydrogen) atoms. The summed E-state index contributed by atoms with van der Waals surface area (Å²) in [6, 6.07) is 0. The molecule has 0 fully saturated rings. The minimum Gasteiger partial charge on any atom is -0.502 e. The molecule has 0 saturated heterocycles. The first-order valence-corrected chi connectivity index (χ1v) is 10.8. The van der Waals surface area contributed by atoms with Gasteiger partial charge in [0.1, 0.15) is 8.07 Å². The van der Waals surface area contributed by atoms with Gasteiger partial charge in [-0.2, -0.15) is 0 Å². The quantitative estimate of drug-likeness (QED) is 0.452. The van der Waals surface area contributed by atoms with Crippen LogP contribution in [0.25, 0.3) is 0 Å². The summed E-state index contributed by atoms with van der Waals surface area (Å²) < 4.78 is 5.42. The standard InChI is InChI=1S/C8H18OSi2/c1-10(2,3)8-7-9-11(4,5)6/h1-6H3. The van der Waals surface area contributed by atoms with Crippen LogP contribution in [0.1, 0.15) is 0 Å². The Kier molecular flexibility index (Phi) is 3.40. The Labute approximate surface area is 72.3 Å². The summed E-state index contributed by atoms with van der Waals surface area (Å²) in [5, 5.41) is 0. The zero-order valence-electron chi connectivity index (χ0n) is 8.41. The van der Waals surface area contributed by atoms with Crippen molar-refractivity contribution in [3.8, 4) is 11.7 Å². The fraction of sp³-hybridized carbons (Fsp3) is 0.750. The summed E-state index contributed by atoms with van der Waals surface area (Å²) in [6.45, 7) is 13.1. The highest BCUT2D eigenvalue weighted by atomic mass is 28.4. The highest BCUT2D eigenvalue weighted by Crippen LogP contribution is 2.02. The van der Waals surface area contributed by atoms with Crippen molar-refractivity contribution in [2.45, 2.75) is 39.3 Å². The van der Waals surface area contributed by atoms with Crippen LogP contribution in [-0.2, 0) is 4.43 Å². The predicted molar refractivity (Wildman–Crippen MR) is 55.6 cm³/mol. The number of rotatable bonds is 1. The minimum absolute atomic E-state index is 1.22. The predicted octanol–water partition coefficient (Wildman–Crippen LogP) is 2.68. The molecule has 0 amide bonds. The second-order valence-electron chi connectivity index (χ2n) is 4.69. The molecule has 0 bridgehead atoms. The van der Waals surface area contributed by atoms with E-state index in [0.29, 0.717) is 0 Å². The van der Waals surface area contributed by atoms with Crippen LogP contribution in [0.3, 0.4) is 0 Å². The molecule has 0 radical (unpaired) electrons. The maximum Gasteiger partial charge on any atom is 0.255 e. The van der Waals surface area contributed by atoms with E-state index in [1.807, 2.05) is 0 Å². The van der Waals surface area contributed by atoms with E-state index in [4.69, 9.17) is 4.43 Å². The monoisotopic (exact) mass is 186 g/mol. The third-order valence-corrected chi connectivity index (χ3v) is 2.35. The lowest BCUT2D eigenvalue weighted by molar-refractivity contribution is 0.520. The zero-order valence-corrected chi connectivity index (χ0v) is 10.4. The van der Waals surface area contributed by atoms with Gasteiger partial charge < -0.3 is 4.43 Å². The van der Waals surface area contributed by atoms with Gasteiger partial charge in [0.05, 0.1) is 6.11 Å². The molecular formula is C8H18OSi2. The summed E-state index contributed by atoms with van der Waals surface area (Å²) in [4.78, 5) is 0. The molecular weight excluding hydrogens is 168 g/mol. The van der Waals surface area contributed by atoms with Crippen molar-refractivity contribution in [3.05, 3.63) is 0 Å². The van der Waals surface area contributed by atoms with Crippen LogP contribution in [0.4, 0.5) is 0 Å². The summed E-state index contributed by atoms with van der Waals surface area (Å²) in [5.41, 5.74) is 3.18. The third-order valence-electron chi connectivity index (χ3n) is 0.783. The molecule has 0 N–H and O–H groups in total. The molecule has 64 valence electrons. The van der Waals surface area contributed by atoms with Crippen molar-refractivity contribution in [1.82, 2.24) is 0 Å². The molecule has 1 nitrogen and oxygen atoms in total. The molecule has 0 aromatic rings. The molecule has 3 heteroatoms. The minimum atomic E-state index is -1.41. The molecule has 0 aromatic heterocycles. The Morgan fingerprint density at radius 2 is 1.36 bits per heavy atom. The van der Waals surface area contributed by atoms with E-state index in [1.54, 1.807) is 0 Å². The van der Waals surface area contributed by atoms with Gasteiger partial charge in [-0.05, 0) is 19.6 Å². The van der Waals surface area contributed by atoms with Crippen LogP contribution in [0.2, 0.25) is 39.3 Å². The van der Waals surface area contributed by atoms with Crippen LogP contribution in [-0.4, -0.2) is 16.4 Å². The molecule has 0 saturated carbocycles. The van der Waals surface area contributed by atoms with Crippen molar-refractivity contribution < 1.29 is 4.43 Å². The van der Waals surface area contributed by atoms with Gasteiger partial charge in [-0.3, -0.25) is 0 Å². The number of hydrogen-bond donors (Lipinski definition) is 0. The highest BCUT2D eigenvalue weighted by Gasteiger charge is 2.14. The molecule has 0 aromatic carbocycles. The Hall–Kier alpha value is -0.206. The Balaban J connectivity index is 3.94. The zero-order chi connectivity index (χ0) is 9.12. The summed E-state index contributed by atoms with van der Waals surface area (Å²) >= 11 is 0. The summed E-state index contributed by atoms with van der Waals surface area (Å²) in [5.74, 6) is 0. The van der Waals surface area contributed by atoms with Crippen molar-refractivity contribution in [1.29, 1.82) is 0 Å². The van der Waals surface area contributed by atoms with Crippen molar-refractivity contribution in [3.63, 3.8) is 0 Å². The van der Waals surface area contributed by atoms with Gasteiger partial charge in [0.15, 0.2) is 0 Å². The van der Waals surface area contributed by atoms with E-state index >= 15 is 0 Å². The number of hydrogen-bond acceptors (Lipinski definition) is 1. The molecule has 0 aliphatic rings. The van der Waals surface area contributed by atoms with Crippen LogP contribution in [0.5, 0.6) is 0 Å². The molecule has 0 rings (SSSR count). The van der Waals surface area contributed by atoms with Gasteiger partial charge in [-0.25, -0.2) is 0 Å². The highest BCUT2D eigenvalue weighted by molar-refractivity contribution is 6.83. The molecule has 0 spiro atoms. The topological polar surface area (TPSA) is 9.23 Å². The van der Waals surface area contributed by atoms with E-state index in [-0.39, 0.29) is 0 Å². The SMILES string of the molecule is C[Si](C)(C)C#CO[Si](C)(C)C. The normalized spacial score (nSPS) is 11.8. The van der Waals surface area contributed by atoms with Crippen LogP contribution in [0, 0.1) is 11.7 Å². The van der Waals surface area contributed by atoms with Crippen LogP contribution in [0.15, 0.2) is 0 Å². The Morgan fingerprint density at radius 1 is 0.909 bits per heavy atom. The van der Waals surface area contributed by atoms with E-state index in [9.17, 15) is 0 Å². The third kappa shape index (κ3) is 9.79. The first-order chi connectivity index (χ1) is 4.71. The first kappa shape index (κ1) is 10.8. The fourth-order valence-corrected chi connectivity index (χ4v) is 1.15. The maximum atomic E-state index is 5.42. The molecule has 0 atom stereocenters. The molecule has 0 unspecified atom stereocenters. The maximum absolute atomic E-state index is 5.42. The van der Waals surface area contributed by atoms with Gasteiger partial charge in [0.2, 0.25) is 0 Å². The van der Waals surface area contributed by atoms with E-state index in [0.717, 1.165) is 0 Å². The van der Waals surface area contributed by atoms with Crippen molar-refractivity contribution in [2.24, 2.45) is 0 Å². The van der Waals surface area contributed by atoms with Gasteiger partial charge >= 0.3 is 0 Å². The smallest absolute Gasteiger partial charge is 0.255 e. The van der Waals surface area contributed by atoms with Crippen LogP contribution < -0.4 is 0 Å². The largest absolute Gasteiger partial charge is 0.502 e. The second-order valence-corrected chi connectivity index (χ2v) is 13.9. The van der Waals surface area contributed by atoms with Gasteiger partial charge in [0.25, 0.3) is 8.32 Å². The van der Waals surface area contributed by atoms with Crippen molar-refractivity contribution in [2.75, 3.05) is 0 Å². The molecule has 0 heterocycles. The van der Waals surface area contributed by atoms with Gasteiger partial charge in [-0.1, -0.05) is 25.2 Å². The summed E-state index contributed by atoms with van der Waals surface area (Å²) in [7, 11) is -2.63. The van der Waals surface area contributed by atoms with Crippen molar-refractivity contribution >= 4 is 16.4 Å². The lowest BCUT2D eigenvalue weighted by Gasteiger charge is -2.12. The van der Waals surface area contributed by atoms with E-state index in [1.165, 1.54) is 0 Å². The Bertz CT molecular complexity index is 175.